The predicted molar refractivity (Wildman–Crippen MR) is 46.6 cm³/mol. The van der Waals surface area contributed by atoms with Crippen LogP contribution in [0.1, 0.15) is 9.67 Å². The van der Waals surface area contributed by atoms with Crippen LogP contribution < -0.4 is 0 Å². The Morgan fingerprint density at radius 1 is 1.38 bits per heavy atom. The second kappa shape index (κ2) is 2.74. The molecule has 0 fully saturated rings. The van der Waals surface area contributed by atoms with Gasteiger partial charge in [-0.05, 0) is 6.07 Å². The second-order valence-corrected chi connectivity index (χ2v) is 4.59. The van der Waals surface area contributed by atoms with Crippen molar-refractivity contribution >= 4 is 38.0 Å². The lowest BCUT2D eigenvalue weighted by molar-refractivity contribution is 0.0702. The average molecular weight is 220 g/mol. The first-order chi connectivity index (χ1) is 6.09. The van der Waals surface area contributed by atoms with Gasteiger partial charge in [0.2, 0.25) is 5.13 Å². The topological polar surface area (TPSA) is 37.3 Å². The van der Waals surface area contributed by atoms with Crippen LogP contribution >= 0.6 is 22.7 Å². The van der Waals surface area contributed by atoms with Crippen molar-refractivity contribution in [2.24, 2.45) is 0 Å². The molecule has 6 heteroatoms. The summed E-state index contributed by atoms with van der Waals surface area (Å²) in [5.74, 6) is -2.07. The molecule has 2 rings (SSSR count). The highest BCUT2D eigenvalue weighted by atomic mass is 32.2. The molecule has 0 amide bonds. The molecule has 0 bridgehead atoms. The van der Waals surface area contributed by atoms with E-state index in [1.165, 1.54) is 0 Å². The van der Waals surface area contributed by atoms with Crippen LogP contribution in [0.5, 0.6) is 0 Å². The number of carboxylic acid groups (broad SMARTS) is 1. The van der Waals surface area contributed by atoms with Crippen molar-refractivity contribution in [3.05, 3.63) is 21.9 Å². The molecule has 0 saturated carbocycles. The van der Waals surface area contributed by atoms with E-state index < -0.39 is 16.9 Å². The van der Waals surface area contributed by atoms with E-state index in [2.05, 4.69) is 0 Å². The van der Waals surface area contributed by atoms with Crippen LogP contribution in [-0.2, 0) is 0 Å². The second-order valence-electron chi connectivity index (χ2n) is 2.31. The highest BCUT2D eigenvalue weighted by molar-refractivity contribution is 7.38. The quantitative estimate of drug-likeness (QED) is 0.802. The first kappa shape index (κ1) is 8.58. The van der Waals surface area contributed by atoms with E-state index >= 15 is 0 Å². The number of thiophene rings is 2. The lowest BCUT2D eigenvalue weighted by Gasteiger charge is -1.82. The lowest BCUT2D eigenvalue weighted by atomic mass is 10.3. The van der Waals surface area contributed by atoms with Gasteiger partial charge in [-0.25, -0.2) is 9.18 Å². The highest BCUT2D eigenvalue weighted by Crippen LogP contribution is 2.35. The number of rotatable bonds is 1. The van der Waals surface area contributed by atoms with Gasteiger partial charge in [0.05, 0.1) is 4.01 Å². The highest BCUT2D eigenvalue weighted by Gasteiger charge is 2.17. The number of fused-ring (bicyclic) bond motifs is 1. The molecule has 0 spiro atoms. The van der Waals surface area contributed by atoms with Crippen molar-refractivity contribution in [2.45, 2.75) is 0 Å². The van der Waals surface area contributed by atoms with Gasteiger partial charge in [0.25, 0.3) is 0 Å². The zero-order chi connectivity index (χ0) is 9.59. The molecular weight excluding hydrogens is 218 g/mol. The fourth-order valence-corrected chi connectivity index (χ4v) is 2.94. The molecule has 2 heterocycles. The molecule has 0 aromatic carbocycles. The summed E-state index contributed by atoms with van der Waals surface area (Å²) < 4.78 is 25.9. The van der Waals surface area contributed by atoms with Crippen molar-refractivity contribution in [3.63, 3.8) is 0 Å². The summed E-state index contributed by atoms with van der Waals surface area (Å²) in [6, 6.07) is 1.15. The van der Waals surface area contributed by atoms with E-state index in [-0.39, 0.29) is 10.3 Å². The van der Waals surface area contributed by atoms with Crippen LogP contribution in [0, 0.1) is 10.9 Å². The maximum Gasteiger partial charge on any atom is 0.345 e. The Kier molecular flexibility index (Phi) is 1.81. The Morgan fingerprint density at radius 3 is 2.62 bits per heavy atom. The van der Waals surface area contributed by atoms with E-state index in [0.29, 0.717) is 15.4 Å². The summed E-state index contributed by atoms with van der Waals surface area (Å²) in [5, 5.41) is 7.73. The number of hydrogen-bond acceptors (Lipinski definition) is 3. The van der Waals surface area contributed by atoms with Crippen LogP contribution in [0.3, 0.4) is 0 Å². The third kappa shape index (κ3) is 1.22. The average Bonchev–Trinajstić information content (AvgIpc) is 2.55. The normalized spacial score (nSPS) is 10.9. The number of aromatic carboxylic acids is 1. The lowest BCUT2D eigenvalue weighted by Crippen LogP contribution is -1.89. The molecule has 0 radical (unpaired) electrons. The third-order valence-corrected chi connectivity index (χ3v) is 3.68. The summed E-state index contributed by atoms with van der Waals surface area (Å²) >= 11 is 1.51. The fraction of sp³-hybridized carbons (Fsp3) is 0. The van der Waals surface area contributed by atoms with Crippen LogP contribution in [-0.4, -0.2) is 11.1 Å². The van der Waals surface area contributed by atoms with Gasteiger partial charge in [0.1, 0.15) is 4.88 Å². The van der Waals surface area contributed by atoms with Crippen molar-refractivity contribution < 1.29 is 18.7 Å². The SMILES string of the molecule is O=C(O)c1cc2c(F)c(F)sc2s1. The van der Waals surface area contributed by atoms with E-state index in [9.17, 15) is 13.6 Å². The van der Waals surface area contributed by atoms with Crippen LogP contribution in [0.2, 0.25) is 0 Å². The summed E-state index contributed by atoms with van der Waals surface area (Å²) in [5.41, 5.74) is 0. The Balaban J connectivity index is 2.72. The number of carbonyl (C=O) groups is 1. The monoisotopic (exact) mass is 220 g/mol. The molecule has 0 atom stereocenters. The standard InChI is InChI=1S/C7H2F2O2S2/c8-4-2-1-3(6(10)11)12-7(2)13-5(4)9/h1H,(H,10,11). The molecule has 2 nitrogen and oxygen atoms in total. The first-order valence-corrected chi connectivity index (χ1v) is 4.83. The fourth-order valence-electron chi connectivity index (χ4n) is 0.941. The minimum Gasteiger partial charge on any atom is -0.477 e. The first-order valence-electron chi connectivity index (χ1n) is 3.20. The minimum absolute atomic E-state index is 0.0279. The van der Waals surface area contributed by atoms with Gasteiger partial charge in [0.15, 0.2) is 5.82 Å². The summed E-state index contributed by atoms with van der Waals surface area (Å²) in [4.78, 5) is 10.5. The van der Waals surface area contributed by atoms with Gasteiger partial charge in [-0.15, -0.1) is 11.3 Å². The molecule has 68 valence electrons. The number of carboxylic acids is 1. The summed E-state index contributed by atoms with van der Waals surface area (Å²) in [6.07, 6.45) is 0. The smallest absolute Gasteiger partial charge is 0.345 e. The Bertz CT molecular complexity index is 486. The third-order valence-electron chi connectivity index (χ3n) is 1.50. The molecule has 0 aliphatic rings. The van der Waals surface area contributed by atoms with Crippen LogP contribution in [0.15, 0.2) is 6.07 Å². The van der Waals surface area contributed by atoms with E-state index in [1.54, 1.807) is 0 Å². The summed E-state index contributed by atoms with van der Waals surface area (Å²) in [6.45, 7) is 0. The van der Waals surface area contributed by atoms with Gasteiger partial charge in [-0.2, -0.15) is 4.39 Å². The van der Waals surface area contributed by atoms with Crippen molar-refractivity contribution in [1.29, 1.82) is 0 Å². The van der Waals surface area contributed by atoms with Gasteiger partial charge >= 0.3 is 5.97 Å². The van der Waals surface area contributed by atoms with Crippen molar-refractivity contribution in [1.82, 2.24) is 0 Å². The maximum atomic E-state index is 12.9. The van der Waals surface area contributed by atoms with Crippen molar-refractivity contribution in [3.8, 4) is 0 Å². The molecule has 2 aromatic rings. The zero-order valence-electron chi connectivity index (χ0n) is 6.01. The van der Waals surface area contributed by atoms with Crippen LogP contribution in [0.25, 0.3) is 9.40 Å². The molecule has 2 aromatic heterocycles. The minimum atomic E-state index is -1.12. The van der Waals surface area contributed by atoms with Crippen LogP contribution in [0.4, 0.5) is 8.78 Å². The largest absolute Gasteiger partial charge is 0.477 e. The van der Waals surface area contributed by atoms with E-state index in [4.69, 9.17) is 5.11 Å². The van der Waals surface area contributed by atoms with Crippen molar-refractivity contribution in [2.75, 3.05) is 0 Å². The maximum absolute atomic E-state index is 12.9. The molecule has 1 N–H and O–H groups in total. The van der Waals surface area contributed by atoms with Gasteiger partial charge < -0.3 is 5.11 Å². The molecule has 13 heavy (non-hydrogen) atoms. The predicted octanol–water partition coefficient (Wildman–Crippen LogP) is 2.94. The Hall–Kier alpha value is -1.01. The number of hydrogen-bond donors (Lipinski definition) is 1. The molecule has 0 saturated heterocycles. The van der Waals surface area contributed by atoms with Gasteiger partial charge in [0, 0.05) is 5.39 Å². The van der Waals surface area contributed by atoms with Gasteiger partial charge in [-0.3, -0.25) is 0 Å². The van der Waals surface area contributed by atoms with Gasteiger partial charge in [-0.1, -0.05) is 11.3 Å². The Morgan fingerprint density at radius 2 is 2.08 bits per heavy atom. The van der Waals surface area contributed by atoms with E-state index in [0.717, 1.165) is 17.4 Å². The number of halogens is 2. The molecular formula is C7H2F2O2S2. The Labute approximate surface area is 79.0 Å². The summed E-state index contributed by atoms with van der Waals surface area (Å²) in [7, 11) is 0. The molecule has 0 aliphatic carbocycles. The van der Waals surface area contributed by atoms with E-state index in [1.807, 2.05) is 0 Å². The zero-order valence-corrected chi connectivity index (χ0v) is 7.64. The molecule has 0 aliphatic heterocycles. The molecule has 0 unspecified atom stereocenters.